The average Bonchev–Trinajstić information content (AvgIpc) is 3.00. The van der Waals surface area contributed by atoms with Crippen molar-refractivity contribution < 1.29 is 13.2 Å². The minimum Gasteiger partial charge on any atom is -0.327 e. The number of pyridine rings is 3. The Kier molecular flexibility index (Phi) is 4.38. The first-order valence-corrected chi connectivity index (χ1v) is 8.43. The van der Waals surface area contributed by atoms with Gasteiger partial charge in [0.25, 0.3) is 0 Å². The molecule has 0 unspecified atom stereocenters. The molecule has 142 valence electrons. The molecule has 0 radical (unpaired) electrons. The Balaban J connectivity index is 1.73. The predicted molar refractivity (Wildman–Crippen MR) is 95.6 cm³/mol. The number of halogens is 4. The molecule has 0 N–H and O–H groups in total. The Morgan fingerprint density at radius 1 is 1.04 bits per heavy atom. The minimum absolute atomic E-state index is 0.0615. The molecule has 2 aromatic rings. The summed E-state index contributed by atoms with van der Waals surface area (Å²) in [7, 11) is 0. The van der Waals surface area contributed by atoms with E-state index in [1.807, 2.05) is 0 Å². The summed E-state index contributed by atoms with van der Waals surface area (Å²) >= 11 is 5.79. The summed E-state index contributed by atoms with van der Waals surface area (Å²) in [5.74, 6) is 0.440. The van der Waals surface area contributed by atoms with Crippen LogP contribution in [0.2, 0.25) is 5.15 Å². The highest BCUT2D eigenvalue weighted by Gasteiger charge is 2.31. The maximum Gasteiger partial charge on any atom is 0.417 e. The zero-order chi connectivity index (χ0) is 19.9. The molecule has 28 heavy (non-hydrogen) atoms. The van der Waals surface area contributed by atoms with Gasteiger partial charge < -0.3 is 4.57 Å². The van der Waals surface area contributed by atoms with Crippen LogP contribution in [-0.4, -0.2) is 24.1 Å². The first-order chi connectivity index (χ1) is 13.3. The molecule has 0 spiro atoms. The van der Waals surface area contributed by atoms with Gasteiger partial charge >= 0.3 is 11.9 Å². The number of nitrogens with zero attached hydrogens (tertiary/aromatic N) is 5. The molecule has 0 saturated carbocycles. The van der Waals surface area contributed by atoms with Crippen LogP contribution in [0.1, 0.15) is 11.1 Å². The maximum absolute atomic E-state index is 12.7. The smallest absolute Gasteiger partial charge is 0.327 e. The van der Waals surface area contributed by atoms with Crippen molar-refractivity contribution in [3.63, 3.8) is 0 Å². The summed E-state index contributed by atoms with van der Waals surface area (Å²) in [6.45, 7) is 0.387. The molecule has 2 aliphatic heterocycles. The fourth-order valence-corrected chi connectivity index (χ4v) is 2.91. The van der Waals surface area contributed by atoms with Gasteiger partial charge in [0.05, 0.1) is 17.8 Å². The van der Waals surface area contributed by atoms with Gasteiger partial charge in [-0.25, -0.2) is 19.3 Å². The molecule has 4 rings (SSSR count). The van der Waals surface area contributed by atoms with E-state index in [1.165, 1.54) is 4.57 Å². The van der Waals surface area contributed by atoms with E-state index in [-0.39, 0.29) is 5.82 Å². The summed E-state index contributed by atoms with van der Waals surface area (Å²) in [5.41, 5.74) is -0.243. The third kappa shape index (κ3) is 3.36. The van der Waals surface area contributed by atoms with Crippen LogP contribution in [0.5, 0.6) is 0 Å². The van der Waals surface area contributed by atoms with Gasteiger partial charge in [0.1, 0.15) is 11.0 Å². The Morgan fingerprint density at radius 3 is 2.50 bits per heavy atom. The lowest BCUT2D eigenvalue weighted by Gasteiger charge is -2.12. The maximum atomic E-state index is 12.7. The molecule has 4 heterocycles. The zero-order valence-corrected chi connectivity index (χ0v) is 14.8. The van der Waals surface area contributed by atoms with Gasteiger partial charge in [-0.1, -0.05) is 17.7 Å². The third-order valence-corrected chi connectivity index (χ3v) is 4.32. The first kappa shape index (κ1) is 18.2. The van der Waals surface area contributed by atoms with Gasteiger partial charge in [-0.05, 0) is 35.9 Å². The first-order valence-electron chi connectivity index (χ1n) is 8.05. The Bertz CT molecular complexity index is 1150. The highest BCUT2D eigenvalue weighted by atomic mass is 35.5. The summed E-state index contributed by atoms with van der Waals surface area (Å²) in [6, 6.07) is 8.85. The normalized spacial score (nSPS) is 11.9. The second-order valence-corrected chi connectivity index (χ2v) is 6.35. The second kappa shape index (κ2) is 6.75. The summed E-state index contributed by atoms with van der Waals surface area (Å²) in [4.78, 5) is 24.3. The summed E-state index contributed by atoms with van der Waals surface area (Å²) in [5, 5.41) is 0.367. The topological polar surface area (TPSA) is 65.6 Å². The van der Waals surface area contributed by atoms with Crippen molar-refractivity contribution in [1.29, 1.82) is 0 Å². The highest BCUT2D eigenvalue weighted by molar-refractivity contribution is 6.29. The number of imidazole rings is 1. The molecular formula is C18H11ClF3N5O. The number of rotatable bonds is 3. The van der Waals surface area contributed by atoms with Crippen molar-refractivity contribution in [3.8, 4) is 17.3 Å². The molecule has 0 aromatic carbocycles. The standard InChI is InChI=1S/C18H11ClF3N5O/c19-14-5-3-11(8-23-14)10-26-7-1-2-13-16(26)25-17(28)27(13)15-6-4-12(9-24-15)18(20,21)22/h1-9H,10H2. The Hall–Kier alpha value is -3.20. The van der Waals surface area contributed by atoms with Gasteiger partial charge in [0.15, 0.2) is 5.82 Å². The van der Waals surface area contributed by atoms with Crippen molar-refractivity contribution >= 4 is 11.6 Å². The fourth-order valence-electron chi connectivity index (χ4n) is 2.80. The zero-order valence-electron chi connectivity index (χ0n) is 14.1. The summed E-state index contributed by atoms with van der Waals surface area (Å²) < 4.78 is 41.1. The van der Waals surface area contributed by atoms with Gasteiger partial charge in [0, 0.05) is 18.6 Å². The van der Waals surface area contributed by atoms with Crippen LogP contribution in [0.25, 0.3) is 17.3 Å². The van der Waals surface area contributed by atoms with Gasteiger partial charge in [-0.15, -0.1) is 0 Å². The number of hydrogen-bond donors (Lipinski definition) is 0. The van der Waals surface area contributed by atoms with E-state index < -0.39 is 17.4 Å². The molecular weight excluding hydrogens is 395 g/mol. The van der Waals surface area contributed by atoms with Crippen LogP contribution in [0.3, 0.4) is 0 Å². The highest BCUT2D eigenvalue weighted by Crippen LogP contribution is 2.29. The van der Waals surface area contributed by atoms with E-state index in [0.717, 1.165) is 17.7 Å². The van der Waals surface area contributed by atoms with Crippen LogP contribution in [0.15, 0.2) is 59.8 Å². The number of aromatic nitrogens is 5. The van der Waals surface area contributed by atoms with E-state index in [4.69, 9.17) is 11.6 Å². The van der Waals surface area contributed by atoms with E-state index in [2.05, 4.69) is 15.0 Å². The molecule has 0 aliphatic carbocycles. The van der Waals surface area contributed by atoms with Crippen LogP contribution in [0.4, 0.5) is 13.2 Å². The third-order valence-electron chi connectivity index (χ3n) is 4.10. The van der Waals surface area contributed by atoms with E-state index >= 15 is 0 Å². The predicted octanol–water partition coefficient (Wildman–Crippen LogP) is 3.65. The minimum atomic E-state index is -4.50. The fraction of sp³-hybridized carbons (Fsp3) is 0.111. The van der Waals surface area contributed by atoms with Gasteiger partial charge in [-0.3, -0.25) is 0 Å². The molecule has 0 fully saturated rings. The molecule has 0 saturated heterocycles. The molecule has 0 amide bonds. The van der Waals surface area contributed by atoms with Gasteiger partial charge in [0.2, 0.25) is 0 Å². The average molecular weight is 406 g/mol. The second-order valence-electron chi connectivity index (χ2n) is 5.97. The van der Waals surface area contributed by atoms with E-state index in [9.17, 15) is 18.0 Å². The van der Waals surface area contributed by atoms with Crippen LogP contribution in [-0.2, 0) is 12.7 Å². The molecule has 0 atom stereocenters. The van der Waals surface area contributed by atoms with Crippen molar-refractivity contribution in [2.24, 2.45) is 0 Å². The van der Waals surface area contributed by atoms with Crippen LogP contribution < -0.4 is 5.69 Å². The van der Waals surface area contributed by atoms with E-state index in [0.29, 0.717) is 29.4 Å². The van der Waals surface area contributed by atoms with E-state index in [1.54, 1.807) is 41.2 Å². The largest absolute Gasteiger partial charge is 0.417 e. The molecule has 2 aliphatic rings. The van der Waals surface area contributed by atoms with Crippen molar-refractivity contribution in [2.45, 2.75) is 12.7 Å². The monoisotopic (exact) mass is 405 g/mol. The SMILES string of the molecule is O=c1nc2n(Cc3ccc(Cl)nc3)cccc-2n1-c1ccc(C(F)(F)F)cn1. The lowest BCUT2D eigenvalue weighted by atomic mass is 10.2. The number of alkyl halides is 3. The van der Waals surface area contributed by atoms with Crippen molar-refractivity contribution in [3.05, 3.63) is 81.8 Å². The Morgan fingerprint density at radius 2 is 1.86 bits per heavy atom. The number of hydrogen-bond acceptors (Lipinski definition) is 4. The van der Waals surface area contributed by atoms with Crippen LogP contribution in [0, 0.1) is 0 Å². The Labute approximate surface area is 161 Å². The summed E-state index contributed by atoms with van der Waals surface area (Å²) in [6.07, 6.45) is -0.454. The van der Waals surface area contributed by atoms with Crippen LogP contribution >= 0.6 is 11.6 Å². The molecule has 0 bridgehead atoms. The lowest BCUT2D eigenvalue weighted by Crippen LogP contribution is -2.16. The lowest BCUT2D eigenvalue weighted by molar-refractivity contribution is -0.137. The molecule has 6 nitrogen and oxygen atoms in total. The number of fused-ring (bicyclic) bond motifs is 1. The molecule has 2 aromatic heterocycles. The quantitative estimate of drug-likeness (QED) is 0.488. The van der Waals surface area contributed by atoms with Gasteiger partial charge in [-0.2, -0.15) is 18.2 Å². The van der Waals surface area contributed by atoms with Crippen molar-refractivity contribution in [2.75, 3.05) is 0 Å². The molecule has 10 heteroatoms. The van der Waals surface area contributed by atoms with Crippen molar-refractivity contribution in [1.82, 2.24) is 24.1 Å².